The van der Waals surface area contributed by atoms with Gasteiger partial charge in [-0.2, -0.15) is 0 Å². The molecule has 0 radical (unpaired) electrons. The number of hydrogen-bond acceptors (Lipinski definition) is 2. The third-order valence-corrected chi connectivity index (χ3v) is 5.62. The molecule has 0 aromatic rings. The van der Waals surface area contributed by atoms with Crippen LogP contribution in [0, 0.1) is 23.7 Å². The van der Waals surface area contributed by atoms with Gasteiger partial charge >= 0.3 is 0 Å². The molecule has 4 bridgehead atoms. The van der Waals surface area contributed by atoms with Crippen LogP contribution in [0.4, 0.5) is 0 Å². The van der Waals surface area contributed by atoms with Gasteiger partial charge in [-0.3, -0.25) is 4.90 Å². The number of rotatable bonds is 4. The van der Waals surface area contributed by atoms with Gasteiger partial charge in [0.2, 0.25) is 0 Å². The van der Waals surface area contributed by atoms with E-state index in [0.29, 0.717) is 0 Å². The predicted molar refractivity (Wildman–Crippen MR) is 76.3 cm³/mol. The molecule has 2 nitrogen and oxygen atoms in total. The summed E-state index contributed by atoms with van der Waals surface area (Å²) in [6.45, 7) is 8.90. The minimum absolute atomic E-state index is 0.0509. The van der Waals surface area contributed by atoms with Crippen molar-refractivity contribution in [3.63, 3.8) is 0 Å². The van der Waals surface area contributed by atoms with Gasteiger partial charge < -0.3 is 5.73 Å². The number of nitrogens with two attached hydrogens (primary N) is 1. The number of nitrogens with zero attached hydrogens (tertiary/aromatic N) is 1. The van der Waals surface area contributed by atoms with Crippen molar-refractivity contribution >= 4 is 0 Å². The van der Waals surface area contributed by atoms with E-state index in [1.807, 2.05) is 0 Å². The maximum atomic E-state index is 6.26. The van der Waals surface area contributed by atoms with Crippen LogP contribution in [0.3, 0.4) is 0 Å². The van der Waals surface area contributed by atoms with Crippen molar-refractivity contribution in [1.29, 1.82) is 0 Å². The Hall–Kier alpha value is -0.0800. The minimum Gasteiger partial charge on any atom is -0.324 e. The van der Waals surface area contributed by atoms with E-state index in [1.165, 1.54) is 32.2 Å². The Labute approximate surface area is 112 Å². The molecule has 0 aliphatic heterocycles. The SMILES string of the molecule is CCN(CC(C)(C)N)C1C2CC3CC(C2)CC1C3. The van der Waals surface area contributed by atoms with Crippen molar-refractivity contribution < 1.29 is 0 Å². The van der Waals surface area contributed by atoms with Crippen LogP contribution in [0.25, 0.3) is 0 Å². The standard InChI is InChI=1S/C16H30N2/c1-4-18(10-16(2,3)17)15-13-6-11-5-12(8-13)9-14(15)7-11/h11-15H,4-10,17H2,1-3H3. The Morgan fingerprint density at radius 2 is 1.50 bits per heavy atom. The molecule has 0 aromatic heterocycles. The van der Waals surface area contributed by atoms with E-state index in [2.05, 4.69) is 25.7 Å². The second kappa shape index (κ2) is 4.49. The van der Waals surface area contributed by atoms with Crippen molar-refractivity contribution in [3.8, 4) is 0 Å². The lowest BCUT2D eigenvalue weighted by Crippen LogP contribution is -2.59. The number of hydrogen-bond donors (Lipinski definition) is 1. The average Bonchev–Trinajstić information content (AvgIpc) is 2.24. The zero-order valence-electron chi connectivity index (χ0n) is 12.4. The third-order valence-electron chi connectivity index (χ3n) is 5.62. The van der Waals surface area contributed by atoms with Gasteiger partial charge in [-0.15, -0.1) is 0 Å². The smallest absolute Gasteiger partial charge is 0.0226 e. The summed E-state index contributed by atoms with van der Waals surface area (Å²) in [7, 11) is 0. The second-order valence-corrected chi connectivity index (χ2v) is 7.97. The molecule has 0 atom stereocenters. The molecule has 104 valence electrons. The van der Waals surface area contributed by atoms with Gasteiger partial charge in [-0.25, -0.2) is 0 Å². The van der Waals surface area contributed by atoms with Crippen LogP contribution in [0.2, 0.25) is 0 Å². The molecule has 4 rings (SSSR count). The fourth-order valence-electron chi connectivity index (χ4n) is 5.44. The molecule has 18 heavy (non-hydrogen) atoms. The van der Waals surface area contributed by atoms with Gasteiger partial charge in [0.25, 0.3) is 0 Å². The van der Waals surface area contributed by atoms with Crippen molar-refractivity contribution in [3.05, 3.63) is 0 Å². The van der Waals surface area contributed by atoms with Gasteiger partial charge in [-0.1, -0.05) is 6.92 Å². The molecule has 0 amide bonds. The topological polar surface area (TPSA) is 29.3 Å². The molecule has 0 aromatic carbocycles. The highest BCUT2D eigenvalue weighted by molar-refractivity contribution is 5.02. The fourth-order valence-corrected chi connectivity index (χ4v) is 5.44. The lowest BCUT2D eigenvalue weighted by atomic mass is 9.54. The summed E-state index contributed by atoms with van der Waals surface area (Å²) < 4.78 is 0. The maximum absolute atomic E-state index is 6.26. The van der Waals surface area contributed by atoms with Crippen LogP contribution in [-0.4, -0.2) is 29.6 Å². The van der Waals surface area contributed by atoms with E-state index in [1.54, 1.807) is 6.42 Å². The summed E-state index contributed by atoms with van der Waals surface area (Å²) in [5.74, 6) is 4.13. The molecule has 2 N–H and O–H groups in total. The van der Waals surface area contributed by atoms with Gasteiger partial charge in [-0.05, 0) is 76.2 Å². The molecular formula is C16H30N2. The predicted octanol–water partition coefficient (Wildman–Crippen LogP) is 2.87. The van der Waals surface area contributed by atoms with E-state index in [4.69, 9.17) is 5.73 Å². The Bertz CT molecular complexity index is 277. The quantitative estimate of drug-likeness (QED) is 0.831. The Morgan fingerprint density at radius 1 is 1.00 bits per heavy atom. The molecule has 0 unspecified atom stereocenters. The summed E-state index contributed by atoms with van der Waals surface area (Å²) in [4.78, 5) is 2.72. The molecule has 0 heterocycles. The van der Waals surface area contributed by atoms with E-state index < -0.39 is 0 Å². The molecule has 4 saturated carbocycles. The number of likely N-dealkylation sites (N-methyl/N-ethyl adjacent to an activating group) is 1. The summed E-state index contributed by atoms with van der Waals surface area (Å²) in [6.07, 6.45) is 7.60. The van der Waals surface area contributed by atoms with Gasteiger partial charge in [0.15, 0.2) is 0 Å². The molecular weight excluding hydrogens is 220 g/mol. The van der Waals surface area contributed by atoms with Crippen LogP contribution in [0.1, 0.15) is 52.9 Å². The first-order valence-corrected chi connectivity index (χ1v) is 7.99. The summed E-state index contributed by atoms with van der Waals surface area (Å²) >= 11 is 0. The Morgan fingerprint density at radius 3 is 1.89 bits per heavy atom. The van der Waals surface area contributed by atoms with Crippen LogP contribution in [0.5, 0.6) is 0 Å². The zero-order valence-corrected chi connectivity index (χ0v) is 12.4. The van der Waals surface area contributed by atoms with E-state index in [9.17, 15) is 0 Å². The second-order valence-electron chi connectivity index (χ2n) is 7.97. The maximum Gasteiger partial charge on any atom is 0.0226 e. The molecule has 2 heteroatoms. The molecule has 0 saturated heterocycles. The van der Waals surface area contributed by atoms with Crippen molar-refractivity contribution in [2.24, 2.45) is 29.4 Å². The molecule has 4 aliphatic rings. The minimum atomic E-state index is -0.0509. The fraction of sp³-hybridized carbons (Fsp3) is 1.00. The highest BCUT2D eigenvalue weighted by Gasteiger charge is 2.49. The first-order valence-electron chi connectivity index (χ1n) is 7.99. The first-order chi connectivity index (χ1) is 8.46. The van der Waals surface area contributed by atoms with Crippen molar-refractivity contribution in [1.82, 2.24) is 4.90 Å². The van der Waals surface area contributed by atoms with E-state index in [0.717, 1.165) is 36.3 Å². The third kappa shape index (κ3) is 2.34. The van der Waals surface area contributed by atoms with Crippen LogP contribution in [0.15, 0.2) is 0 Å². The Balaban J connectivity index is 1.74. The highest BCUT2D eigenvalue weighted by Crippen LogP contribution is 2.55. The molecule has 4 fully saturated rings. The highest BCUT2D eigenvalue weighted by atomic mass is 15.2. The summed E-state index contributed by atoms with van der Waals surface area (Å²) in [5.41, 5.74) is 6.21. The lowest BCUT2D eigenvalue weighted by Gasteiger charge is -2.57. The summed E-state index contributed by atoms with van der Waals surface area (Å²) in [6, 6.07) is 0.852. The zero-order chi connectivity index (χ0) is 12.9. The van der Waals surface area contributed by atoms with Gasteiger partial charge in [0.05, 0.1) is 0 Å². The van der Waals surface area contributed by atoms with Gasteiger partial charge in [0.1, 0.15) is 0 Å². The first kappa shape index (κ1) is 12.9. The van der Waals surface area contributed by atoms with E-state index >= 15 is 0 Å². The monoisotopic (exact) mass is 250 g/mol. The lowest BCUT2D eigenvalue weighted by molar-refractivity contribution is -0.0678. The molecule has 4 aliphatic carbocycles. The van der Waals surface area contributed by atoms with E-state index in [-0.39, 0.29) is 5.54 Å². The van der Waals surface area contributed by atoms with Crippen LogP contribution in [-0.2, 0) is 0 Å². The van der Waals surface area contributed by atoms with Crippen molar-refractivity contribution in [2.45, 2.75) is 64.5 Å². The van der Waals surface area contributed by atoms with Crippen molar-refractivity contribution in [2.75, 3.05) is 13.1 Å². The normalized spacial score (nSPS) is 42.8. The van der Waals surface area contributed by atoms with Crippen LogP contribution < -0.4 is 5.73 Å². The molecule has 0 spiro atoms. The average molecular weight is 250 g/mol. The largest absolute Gasteiger partial charge is 0.324 e. The summed E-state index contributed by atoms with van der Waals surface area (Å²) in [5, 5.41) is 0. The Kier molecular flexibility index (Phi) is 3.22. The van der Waals surface area contributed by atoms with Gasteiger partial charge in [0, 0.05) is 18.1 Å². The van der Waals surface area contributed by atoms with Crippen LogP contribution >= 0.6 is 0 Å².